The second-order valence-corrected chi connectivity index (χ2v) is 2.87. The van der Waals surface area contributed by atoms with Gasteiger partial charge in [0.25, 0.3) is 5.69 Å². The van der Waals surface area contributed by atoms with E-state index in [0.717, 1.165) is 6.20 Å². The molecule has 0 radical (unpaired) electrons. The molecule has 0 saturated heterocycles. The normalized spacial score (nSPS) is 10.4. The number of nitrogens with one attached hydrogen (secondary N) is 1. The first kappa shape index (κ1) is 9.13. The Morgan fingerprint density at radius 2 is 2.27 bits per heavy atom. The van der Waals surface area contributed by atoms with Crippen molar-refractivity contribution in [3.8, 4) is 0 Å². The highest BCUT2D eigenvalue weighted by Crippen LogP contribution is 2.18. The highest BCUT2D eigenvalue weighted by Gasteiger charge is 2.12. The Bertz CT molecular complexity index is 548. The van der Waals surface area contributed by atoms with E-state index < -0.39 is 10.9 Å². The van der Waals surface area contributed by atoms with Crippen LogP contribution in [0.4, 0.5) is 5.69 Å². The van der Waals surface area contributed by atoms with Gasteiger partial charge in [-0.25, -0.2) is 9.78 Å². The number of carbonyl (C=O) groups is 1. The molecule has 2 heterocycles. The molecule has 0 aliphatic heterocycles. The zero-order valence-electron chi connectivity index (χ0n) is 7.30. The number of hydrogen-bond acceptors (Lipinski definition) is 4. The molecule has 0 fully saturated rings. The number of rotatable bonds is 2. The van der Waals surface area contributed by atoms with Gasteiger partial charge in [0.05, 0.1) is 16.0 Å². The van der Waals surface area contributed by atoms with Gasteiger partial charge in [-0.1, -0.05) is 0 Å². The summed E-state index contributed by atoms with van der Waals surface area (Å²) < 4.78 is 0. The third kappa shape index (κ3) is 1.50. The van der Waals surface area contributed by atoms with Crippen molar-refractivity contribution >= 4 is 22.7 Å². The zero-order chi connectivity index (χ0) is 11.0. The van der Waals surface area contributed by atoms with E-state index >= 15 is 0 Å². The smallest absolute Gasteiger partial charge is 0.352 e. The van der Waals surface area contributed by atoms with Gasteiger partial charge in [0.1, 0.15) is 11.9 Å². The molecule has 0 aliphatic carbocycles. The number of carboxylic acids is 1. The van der Waals surface area contributed by atoms with E-state index in [2.05, 4.69) is 9.97 Å². The molecule has 0 bridgehead atoms. The van der Waals surface area contributed by atoms with Crippen LogP contribution in [0.3, 0.4) is 0 Å². The van der Waals surface area contributed by atoms with Crippen LogP contribution in [0.1, 0.15) is 10.5 Å². The summed E-state index contributed by atoms with van der Waals surface area (Å²) in [5, 5.41) is 19.1. The number of carboxylic acid groups (broad SMARTS) is 1. The quantitative estimate of drug-likeness (QED) is 0.567. The Kier molecular flexibility index (Phi) is 1.86. The van der Waals surface area contributed by atoms with Gasteiger partial charge >= 0.3 is 5.97 Å². The highest BCUT2D eigenvalue weighted by atomic mass is 16.6. The van der Waals surface area contributed by atoms with Gasteiger partial charge in [0.15, 0.2) is 0 Å². The number of H-pyrrole nitrogens is 1. The summed E-state index contributed by atoms with van der Waals surface area (Å²) in [6.07, 6.45) is 1.09. The van der Waals surface area contributed by atoms with E-state index in [0.29, 0.717) is 11.0 Å². The summed E-state index contributed by atoms with van der Waals surface area (Å²) in [7, 11) is 0. The largest absolute Gasteiger partial charge is 0.477 e. The number of pyridine rings is 1. The highest BCUT2D eigenvalue weighted by molar-refractivity contribution is 5.92. The summed E-state index contributed by atoms with van der Waals surface area (Å²) in [5.74, 6) is -1.13. The molecule has 0 amide bonds. The van der Waals surface area contributed by atoms with Crippen LogP contribution >= 0.6 is 0 Å². The van der Waals surface area contributed by atoms with E-state index in [1.165, 1.54) is 12.1 Å². The van der Waals surface area contributed by atoms with Crippen molar-refractivity contribution in [3.63, 3.8) is 0 Å². The minimum absolute atomic E-state index is 0.0435. The lowest BCUT2D eigenvalue weighted by Gasteiger charge is -1.89. The minimum Gasteiger partial charge on any atom is -0.477 e. The van der Waals surface area contributed by atoms with Crippen LogP contribution in [-0.2, 0) is 0 Å². The first-order valence-electron chi connectivity index (χ1n) is 3.94. The molecule has 7 heteroatoms. The fraction of sp³-hybridized carbons (Fsp3) is 0. The molecular formula is C8H5N3O4. The zero-order valence-corrected chi connectivity index (χ0v) is 7.30. The van der Waals surface area contributed by atoms with Crippen molar-refractivity contribution in [1.29, 1.82) is 0 Å². The summed E-state index contributed by atoms with van der Waals surface area (Å²) in [4.78, 5) is 26.7. The number of aromatic carboxylic acids is 1. The van der Waals surface area contributed by atoms with Crippen molar-refractivity contribution < 1.29 is 14.8 Å². The lowest BCUT2D eigenvalue weighted by molar-refractivity contribution is -0.385. The van der Waals surface area contributed by atoms with Crippen LogP contribution in [0.25, 0.3) is 11.0 Å². The summed E-state index contributed by atoms with van der Waals surface area (Å²) in [6.45, 7) is 0. The lowest BCUT2D eigenvalue weighted by Crippen LogP contribution is -1.94. The predicted octanol–water partition coefficient (Wildman–Crippen LogP) is 1.17. The van der Waals surface area contributed by atoms with Crippen molar-refractivity contribution in [3.05, 3.63) is 34.1 Å². The molecule has 0 unspecified atom stereocenters. The number of nitrogens with zero attached hydrogens (tertiary/aromatic N) is 2. The molecule has 0 aromatic carbocycles. The molecule has 0 saturated carbocycles. The van der Waals surface area contributed by atoms with Gasteiger partial charge in [-0.3, -0.25) is 10.1 Å². The lowest BCUT2D eigenvalue weighted by atomic mass is 10.3. The van der Waals surface area contributed by atoms with Gasteiger partial charge in [0.2, 0.25) is 0 Å². The van der Waals surface area contributed by atoms with Crippen molar-refractivity contribution in [2.45, 2.75) is 0 Å². The first-order valence-corrected chi connectivity index (χ1v) is 3.94. The predicted molar refractivity (Wildman–Crippen MR) is 49.7 cm³/mol. The topological polar surface area (TPSA) is 109 Å². The molecule has 0 atom stereocenters. The van der Waals surface area contributed by atoms with E-state index in [9.17, 15) is 14.9 Å². The van der Waals surface area contributed by atoms with Crippen LogP contribution in [0, 0.1) is 10.1 Å². The number of fused-ring (bicyclic) bond motifs is 1. The standard InChI is InChI=1S/C8H5N3O4/c12-8(13)7-2-5-6(10-7)1-4(3-9-5)11(14)15/h1-3,10H,(H,12,13). The SMILES string of the molecule is O=C(O)c1cc2ncc([N+](=O)[O-])cc2[nH]1. The molecule has 0 aliphatic rings. The maximum atomic E-state index is 10.6. The van der Waals surface area contributed by atoms with Crippen molar-refractivity contribution in [2.24, 2.45) is 0 Å². The third-order valence-corrected chi connectivity index (χ3v) is 1.90. The summed E-state index contributed by atoms with van der Waals surface area (Å²) in [5.41, 5.74) is 0.499. The van der Waals surface area contributed by atoms with E-state index in [1.807, 2.05) is 0 Å². The van der Waals surface area contributed by atoms with E-state index in [-0.39, 0.29) is 11.4 Å². The molecule has 2 aromatic heterocycles. The molecule has 15 heavy (non-hydrogen) atoms. The Labute approximate surface area is 82.5 Å². The van der Waals surface area contributed by atoms with Crippen molar-refractivity contribution in [1.82, 2.24) is 9.97 Å². The maximum Gasteiger partial charge on any atom is 0.352 e. The average Bonchev–Trinajstić information content (AvgIpc) is 2.59. The molecule has 2 rings (SSSR count). The Hall–Kier alpha value is -2.44. The van der Waals surface area contributed by atoms with E-state index in [4.69, 9.17) is 5.11 Å². The summed E-state index contributed by atoms with van der Waals surface area (Å²) >= 11 is 0. The Morgan fingerprint density at radius 1 is 1.53 bits per heavy atom. The van der Waals surface area contributed by atoms with Crippen LogP contribution < -0.4 is 0 Å². The minimum atomic E-state index is -1.13. The van der Waals surface area contributed by atoms with Crippen molar-refractivity contribution in [2.75, 3.05) is 0 Å². The molecule has 7 nitrogen and oxygen atoms in total. The van der Waals surface area contributed by atoms with Gasteiger partial charge in [-0.15, -0.1) is 0 Å². The Balaban J connectivity index is 2.62. The van der Waals surface area contributed by atoms with Crippen LogP contribution in [0.15, 0.2) is 18.3 Å². The van der Waals surface area contributed by atoms with Gasteiger partial charge in [-0.2, -0.15) is 0 Å². The molecule has 76 valence electrons. The maximum absolute atomic E-state index is 10.6. The second-order valence-electron chi connectivity index (χ2n) is 2.87. The monoisotopic (exact) mass is 207 g/mol. The number of nitro groups is 1. The van der Waals surface area contributed by atoms with Gasteiger partial charge < -0.3 is 10.1 Å². The molecular weight excluding hydrogens is 202 g/mol. The van der Waals surface area contributed by atoms with Crippen LogP contribution in [0.5, 0.6) is 0 Å². The van der Waals surface area contributed by atoms with Gasteiger partial charge in [0, 0.05) is 6.07 Å². The molecule has 2 N–H and O–H groups in total. The third-order valence-electron chi connectivity index (χ3n) is 1.90. The molecule has 0 spiro atoms. The summed E-state index contributed by atoms with van der Waals surface area (Å²) in [6, 6.07) is 2.57. The number of aromatic amines is 1. The second kappa shape index (κ2) is 3.05. The Morgan fingerprint density at radius 3 is 2.87 bits per heavy atom. The first-order chi connectivity index (χ1) is 7.08. The van der Waals surface area contributed by atoms with Crippen LogP contribution in [-0.4, -0.2) is 26.0 Å². The fourth-order valence-electron chi connectivity index (χ4n) is 1.21. The number of hydrogen-bond donors (Lipinski definition) is 2. The number of aromatic nitrogens is 2. The molecule has 2 aromatic rings. The van der Waals surface area contributed by atoms with Crippen LogP contribution in [0.2, 0.25) is 0 Å². The van der Waals surface area contributed by atoms with Gasteiger partial charge in [-0.05, 0) is 6.07 Å². The fourth-order valence-corrected chi connectivity index (χ4v) is 1.21. The van der Waals surface area contributed by atoms with E-state index in [1.54, 1.807) is 0 Å². The average molecular weight is 207 g/mol.